The quantitative estimate of drug-likeness (QED) is 0.442. The third-order valence-corrected chi connectivity index (χ3v) is 7.49. The zero-order valence-corrected chi connectivity index (χ0v) is 20.4. The number of hydrogen-bond donors (Lipinski definition) is 3. The topological polar surface area (TPSA) is 121 Å². The molecule has 0 saturated carbocycles. The Morgan fingerprint density at radius 1 is 1.17 bits per heavy atom. The first-order chi connectivity index (χ1) is 17.6. The van der Waals surface area contributed by atoms with Crippen LogP contribution in [0.15, 0.2) is 35.9 Å². The van der Waals surface area contributed by atoms with Gasteiger partial charge in [0.15, 0.2) is 0 Å². The molecule has 3 N–H and O–H groups in total. The van der Waals surface area contributed by atoms with E-state index in [4.69, 9.17) is 14.2 Å². The number of aliphatic hydroxyl groups is 2. The van der Waals surface area contributed by atoms with E-state index in [0.29, 0.717) is 50.7 Å². The molecule has 196 valence electrons. The fourth-order valence-electron chi connectivity index (χ4n) is 5.63. The molecule has 2 fully saturated rings. The van der Waals surface area contributed by atoms with Gasteiger partial charge in [-0.25, -0.2) is 0 Å². The number of carbonyl (C=O) groups is 2. The van der Waals surface area contributed by atoms with E-state index in [9.17, 15) is 19.8 Å². The van der Waals surface area contributed by atoms with Crippen LogP contribution in [0.1, 0.15) is 24.3 Å². The lowest BCUT2D eigenvalue weighted by Gasteiger charge is -2.42. The molecule has 3 heterocycles. The van der Waals surface area contributed by atoms with Crippen LogP contribution in [0.2, 0.25) is 0 Å². The summed E-state index contributed by atoms with van der Waals surface area (Å²) in [4.78, 5) is 30.8. The predicted octanol–water partition coefficient (Wildman–Crippen LogP) is -0.351. The molecule has 4 aliphatic rings. The van der Waals surface area contributed by atoms with Crippen molar-refractivity contribution in [1.82, 2.24) is 15.1 Å². The van der Waals surface area contributed by atoms with Crippen LogP contribution in [0.25, 0.3) is 0 Å². The molecule has 36 heavy (non-hydrogen) atoms. The number of rotatable bonds is 8. The molecule has 10 nitrogen and oxygen atoms in total. The standard InChI is InChI=1S/C26H35N3O7/c30-12-7-27-25(32)18-16-19(23(31)24-22(18)17-4-1-2-5-20(17)36-24)29(26(33)21-6-3-13-35-21)9-8-28-10-14-34-15-11-28/h1-2,4-5,16,19,21-24,30-31H,3,6-15H2,(H,27,32). The second-order valence-corrected chi connectivity index (χ2v) is 9.67. The van der Waals surface area contributed by atoms with Gasteiger partial charge in [0, 0.05) is 50.5 Å². The van der Waals surface area contributed by atoms with E-state index >= 15 is 0 Å². The Balaban J connectivity index is 1.47. The normalized spacial score (nSPS) is 29.6. The molecule has 10 heteroatoms. The fourth-order valence-corrected chi connectivity index (χ4v) is 5.63. The number of benzene rings is 1. The van der Waals surface area contributed by atoms with Gasteiger partial charge in [-0.3, -0.25) is 14.5 Å². The third-order valence-electron chi connectivity index (χ3n) is 7.49. The van der Waals surface area contributed by atoms with E-state index < -0.39 is 30.3 Å². The number of carbonyl (C=O) groups excluding carboxylic acids is 2. The number of fused-ring (bicyclic) bond motifs is 3. The van der Waals surface area contributed by atoms with Gasteiger partial charge in [-0.15, -0.1) is 0 Å². The van der Waals surface area contributed by atoms with E-state index in [0.717, 1.165) is 25.1 Å². The molecule has 2 saturated heterocycles. The maximum atomic E-state index is 13.7. The number of morpholine rings is 1. The van der Waals surface area contributed by atoms with Gasteiger partial charge >= 0.3 is 0 Å². The Hall–Kier alpha value is -2.50. The maximum absolute atomic E-state index is 13.7. The molecule has 2 amide bonds. The zero-order valence-electron chi connectivity index (χ0n) is 20.4. The van der Waals surface area contributed by atoms with E-state index in [1.165, 1.54) is 0 Å². The average Bonchev–Trinajstić information content (AvgIpc) is 3.58. The van der Waals surface area contributed by atoms with Crippen LogP contribution in [-0.2, 0) is 19.1 Å². The van der Waals surface area contributed by atoms with E-state index in [-0.39, 0.29) is 25.0 Å². The van der Waals surface area contributed by atoms with Crippen molar-refractivity contribution in [2.75, 3.05) is 59.2 Å². The van der Waals surface area contributed by atoms with Crippen molar-refractivity contribution in [3.8, 4) is 5.75 Å². The molecule has 0 aromatic heterocycles. The van der Waals surface area contributed by atoms with Crippen molar-refractivity contribution in [1.29, 1.82) is 0 Å². The number of ether oxygens (including phenoxy) is 3. The smallest absolute Gasteiger partial charge is 0.252 e. The number of nitrogens with one attached hydrogen (secondary N) is 1. The maximum Gasteiger partial charge on any atom is 0.252 e. The summed E-state index contributed by atoms with van der Waals surface area (Å²) in [7, 11) is 0. The summed E-state index contributed by atoms with van der Waals surface area (Å²) >= 11 is 0. The summed E-state index contributed by atoms with van der Waals surface area (Å²) < 4.78 is 17.3. The van der Waals surface area contributed by atoms with E-state index in [2.05, 4.69) is 10.2 Å². The van der Waals surface area contributed by atoms with Gasteiger partial charge in [0.05, 0.1) is 31.8 Å². The molecule has 5 unspecified atom stereocenters. The number of aliphatic hydroxyl groups excluding tert-OH is 2. The molecule has 1 aliphatic carbocycles. The molecule has 1 aromatic rings. The predicted molar refractivity (Wildman–Crippen MR) is 130 cm³/mol. The summed E-state index contributed by atoms with van der Waals surface area (Å²) in [5.74, 6) is -0.359. The summed E-state index contributed by atoms with van der Waals surface area (Å²) in [6.07, 6.45) is 0.867. The van der Waals surface area contributed by atoms with Crippen LogP contribution in [0.3, 0.4) is 0 Å². The first-order valence-corrected chi connectivity index (χ1v) is 12.8. The van der Waals surface area contributed by atoms with E-state index in [1.807, 2.05) is 24.3 Å². The van der Waals surface area contributed by atoms with Crippen LogP contribution in [0, 0.1) is 0 Å². The van der Waals surface area contributed by atoms with Crippen molar-refractivity contribution in [3.63, 3.8) is 0 Å². The number of para-hydroxylation sites is 1. The monoisotopic (exact) mass is 501 g/mol. The van der Waals surface area contributed by atoms with Crippen molar-refractivity contribution >= 4 is 11.8 Å². The molecule has 3 aliphatic heterocycles. The summed E-state index contributed by atoms with van der Waals surface area (Å²) in [5, 5.41) is 23.6. The molecule has 5 atom stereocenters. The lowest BCUT2D eigenvalue weighted by Crippen LogP contribution is -2.58. The van der Waals surface area contributed by atoms with Crippen LogP contribution in [0.5, 0.6) is 5.75 Å². The molecular weight excluding hydrogens is 466 g/mol. The van der Waals surface area contributed by atoms with Crippen LogP contribution in [-0.4, -0.2) is 115 Å². The highest BCUT2D eigenvalue weighted by Crippen LogP contribution is 2.47. The lowest BCUT2D eigenvalue weighted by atomic mass is 9.77. The van der Waals surface area contributed by atoms with Gasteiger partial charge in [-0.1, -0.05) is 18.2 Å². The summed E-state index contributed by atoms with van der Waals surface area (Å²) in [5.41, 5.74) is 1.26. The fraction of sp³-hybridized carbons (Fsp3) is 0.615. The minimum absolute atomic E-state index is 0.110. The van der Waals surface area contributed by atoms with Crippen LogP contribution >= 0.6 is 0 Å². The van der Waals surface area contributed by atoms with Gasteiger partial charge in [-0.05, 0) is 25.0 Å². The SMILES string of the molecule is O=C(NCCO)C1=CC(N(CCN2CCOCC2)C(=O)C2CCCO2)C(O)C2Oc3ccccc3C12. The van der Waals surface area contributed by atoms with Gasteiger partial charge in [0.1, 0.15) is 24.1 Å². The number of hydrogen-bond acceptors (Lipinski definition) is 8. The second-order valence-electron chi connectivity index (χ2n) is 9.67. The zero-order chi connectivity index (χ0) is 25.1. The van der Waals surface area contributed by atoms with Crippen LogP contribution < -0.4 is 10.1 Å². The van der Waals surface area contributed by atoms with Gasteiger partial charge in [0.2, 0.25) is 5.91 Å². The van der Waals surface area contributed by atoms with Gasteiger partial charge < -0.3 is 34.6 Å². The highest BCUT2D eigenvalue weighted by Gasteiger charge is 2.51. The van der Waals surface area contributed by atoms with Crippen molar-refractivity contribution in [3.05, 3.63) is 41.5 Å². The lowest BCUT2D eigenvalue weighted by molar-refractivity contribution is -0.147. The average molecular weight is 502 g/mol. The molecule has 0 spiro atoms. The molecular formula is C26H35N3O7. The van der Waals surface area contributed by atoms with E-state index in [1.54, 1.807) is 11.0 Å². The molecule has 1 aromatic carbocycles. The highest BCUT2D eigenvalue weighted by atomic mass is 16.5. The first kappa shape index (κ1) is 25.2. The Bertz CT molecular complexity index is 974. The minimum Gasteiger partial charge on any atom is -0.486 e. The Morgan fingerprint density at radius 3 is 2.72 bits per heavy atom. The molecule has 5 rings (SSSR count). The number of nitrogens with zero attached hydrogens (tertiary/aromatic N) is 2. The highest BCUT2D eigenvalue weighted by molar-refractivity contribution is 5.96. The second kappa shape index (κ2) is 11.3. The first-order valence-electron chi connectivity index (χ1n) is 12.8. The Morgan fingerprint density at radius 2 is 1.97 bits per heavy atom. The van der Waals surface area contributed by atoms with Crippen LogP contribution in [0.4, 0.5) is 0 Å². The number of amides is 2. The van der Waals surface area contributed by atoms with Crippen molar-refractivity contribution < 1.29 is 34.0 Å². The Kier molecular flexibility index (Phi) is 7.87. The Labute approximate surface area is 210 Å². The van der Waals surface area contributed by atoms with Crippen molar-refractivity contribution in [2.24, 2.45) is 0 Å². The van der Waals surface area contributed by atoms with Gasteiger partial charge in [0.25, 0.3) is 5.91 Å². The van der Waals surface area contributed by atoms with Crippen molar-refractivity contribution in [2.45, 2.75) is 43.1 Å². The third kappa shape index (κ3) is 5.01. The minimum atomic E-state index is -1.04. The van der Waals surface area contributed by atoms with Gasteiger partial charge in [-0.2, -0.15) is 0 Å². The largest absolute Gasteiger partial charge is 0.486 e. The molecule has 0 radical (unpaired) electrons. The summed E-state index contributed by atoms with van der Waals surface area (Å²) in [6, 6.07) is 6.70. The summed E-state index contributed by atoms with van der Waals surface area (Å²) in [6.45, 7) is 4.33. The molecule has 0 bridgehead atoms.